The molecule has 10 heteroatoms. The number of hydrogen-bond donors (Lipinski definition) is 3. The smallest absolute Gasteiger partial charge is 0.250 e. The van der Waals surface area contributed by atoms with Crippen molar-refractivity contribution in [3.05, 3.63) is 28.8 Å². The van der Waals surface area contributed by atoms with Crippen molar-refractivity contribution in [1.82, 2.24) is 10.2 Å². The lowest BCUT2D eigenvalue weighted by Crippen LogP contribution is -2.53. The molecule has 0 unspecified atom stereocenters. The summed E-state index contributed by atoms with van der Waals surface area (Å²) in [5.74, 6) is -3.78. The average Bonchev–Trinajstić information content (AvgIpc) is 3.22. The summed E-state index contributed by atoms with van der Waals surface area (Å²) in [5, 5.41) is 6.28. The summed E-state index contributed by atoms with van der Waals surface area (Å²) in [4.78, 5) is 52.4. The van der Waals surface area contributed by atoms with Crippen LogP contribution in [0.25, 0.3) is 0 Å². The Morgan fingerprint density at radius 3 is 2.76 bits per heavy atom. The number of nitrogens with two attached hydrogens (primary N) is 1. The average molecular weight is 421 g/mol. The van der Waals surface area contributed by atoms with Crippen LogP contribution in [0.15, 0.2) is 18.2 Å². The van der Waals surface area contributed by atoms with Crippen molar-refractivity contribution in [3.8, 4) is 0 Å². The largest absolute Gasteiger partial charge is 0.385 e. The molecule has 0 radical (unpaired) electrons. The topological polar surface area (TPSA) is 131 Å². The molecule has 3 aliphatic heterocycles. The van der Waals surface area contributed by atoms with Gasteiger partial charge in [0.2, 0.25) is 23.6 Å². The first-order valence-corrected chi connectivity index (χ1v) is 9.70. The first kappa shape index (κ1) is 19.8. The van der Waals surface area contributed by atoms with Crippen molar-refractivity contribution < 1.29 is 23.9 Å². The van der Waals surface area contributed by atoms with E-state index >= 15 is 0 Å². The molecule has 0 saturated carbocycles. The number of likely N-dealkylation sites (tertiary alicyclic amines) is 1. The molecule has 2 saturated heterocycles. The number of anilines is 1. The molecule has 9 nitrogen and oxygen atoms in total. The number of carbonyl (C=O) groups excluding carboxylic acids is 4. The van der Waals surface area contributed by atoms with Gasteiger partial charge in [-0.2, -0.15) is 0 Å². The molecule has 2 fully saturated rings. The molecule has 4 rings (SSSR count). The molecule has 29 heavy (non-hydrogen) atoms. The summed E-state index contributed by atoms with van der Waals surface area (Å²) < 4.78 is 5.01. The second-order valence-electron chi connectivity index (χ2n) is 7.55. The van der Waals surface area contributed by atoms with Crippen molar-refractivity contribution >= 4 is 40.9 Å². The van der Waals surface area contributed by atoms with E-state index in [1.54, 1.807) is 18.2 Å². The van der Waals surface area contributed by atoms with Gasteiger partial charge >= 0.3 is 0 Å². The van der Waals surface area contributed by atoms with Crippen LogP contribution >= 0.6 is 11.6 Å². The number of carbonyl (C=O) groups is 4. The van der Waals surface area contributed by atoms with Crippen LogP contribution < -0.4 is 16.4 Å². The summed E-state index contributed by atoms with van der Waals surface area (Å²) in [6.45, 7) is 0.571. The minimum absolute atomic E-state index is 0.170. The Kier molecular flexibility index (Phi) is 4.84. The van der Waals surface area contributed by atoms with Gasteiger partial charge in [-0.3, -0.25) is 29.4 Å². The van der Waals surface area contributed by atoms with E-state index in [-0.39, 0.29) is 13.0 Å². The number of hydrogen-bond acceptors (Lipinski definition) is 6. The standard InChI is InChI=1S/C19H21ClN4O5/c1-29-6-2-5-24-16(26)14-12(8-13(21)25)23-19(15(14)17(24)27)10-7-9(20)3-4-11(10)22-18(19)28/h3-4,7,12,14-15,23H,2,5-6,8H2,1H3,(H2,21,25)(H,22,28)/t12-,14-,15+,19+/m1/s1. The summed E-state index contributed by atoms with van der Waals surface area (Å²) in [6.07, 6.45) is 0.306. The van der Waals surface area contributed by atoms with E-state index < -0.39 is 47.0 Å². The number of ether oxygens (including phenoxy) is 1. The Labute approximate surface area is 171 Å². The lowest BCUT2D eigenvalue weighted by molar-refractivity contribution is -0.143. The number of fused-ring (bicyclic) bond motifs is 4. The van der Waals surface area contributed by atoms with Crippen LogP contribution in [0.2, 0.25) is 5.02 Å². The van der Waals surface area contributed by atoms with Gasteiger partial charge in [0.15, 0.2) is 0 Å². The van der Waals surface area contributed by atoms with E-state index in [1.165, 1.54) is 12.0 Å². The predicted octanol–water partition coefficient (Wildman–Crippen LogP) is -0.0277. The highest BCUT2D eigenvalue weighted by atomic mass is 35.5. The maximum absolute atomic E-state index is 13.3. The van der Waals surface area contributed by atoms with E-state index in [0.717, 1.165) is 0 Å². The number of imide groups is 1. The quantitative estimate of drug-likeness (QED) is 0.437. The van der Waals surface area contributed by atoms with Crippen molar-refractivity contribution in [2.24, 2.45) is 17.6 Å². The molecular weight excluding hydrogens is 400 g/mol. The van der Waals surface area contributed by atoms with Crippen LogP contribution in [0.1, 0.15) is 18.4 Å². The molecule has 3 aliphatic rings. The number of nitrogens with one attached hydrogen (secondary N) is 2. The summed E-state index contributed by atoms with van der Waals surface area (Å²) in [5.41, 5.74) is 4.92. The molecule has 0 aromatic heterocycles. The third-order valence-corrected chi connectivity index (χ3v) is 6.15. The van der Waals surface area contributed by atoms with E-state index in [9.17, 15) is 19.2 Å². The first-order valence-electron chi connectivity index (χ1n) is 9.33. The zero-order valence-corrected chi connectivity index (χ0v) is 16.5. The predicted molar refractivity (Wildman–Crippen MR) is 103 cm³/mol. The molecular formula is C19H21ClN4O5. The van der Waals surface area contributed by atoms with Gasteiger partial charge in [-0.1, -0.05) is 11.6 Å². The van der Waals surface area contributed by atoms with Gasteiger partial charge in [0, 0.05) is 49.0 Å². The van der Waals surface area contributed by atoms with E-state index in [1.807, 2.05) is 0 Å². The van der Waals surface area contributed by atoms with E-state index in [2.05, 4.69) is 10.6 Å². The third-order valence-electron chi connectivity index (χ3n) is 5.92. The molecule has 154 valence electrons. The maximum Gasteiger partial charge on any atom is 0.250 e. The van der Waals surface area contributed by atoms with Crippen molar-refractivity contribution in [2.75, 3.05) is 25.6 Å². The first-order chi connectivity index (χ1) is 13.8. The number of primary amides is 1. The number of methoxy groups -OCH3 is 1. The van der Waals surface area contributed by atoms with Crippen LogP contribution in [0.4, 0.5) is 5.69 Å². The van der Waals surface area contributed by atoms with Crippen LogP contribution in [-0.4, -0.2) is 54.8 Å². The highest BCUT2D eigenvalue weighted by molar-refractivity contribution is 6.31. The van der Waals surface area contributed by atoms with Crippen LogP contribution in [0.5, 0.6) is 0 Å². The third kappa shape index (κ3) is 2.84. The van der Waals surface area contributed by atoms with Crippen LogP contribution in [0, 0.1) is 11.8 Å². The van der Waals surface area contributed by atoms with Crippen molar-refractivity contribution in [3.63, 3.8) is 0 Å². The Balaban J connectivity index is 1.80. The Morgan fingerprint density at radius 2 is 2.07 bits per heavy atom. The fourth-order valence-corrected chi connectivity index (χ4v) is 4.98. The fraction of sp³-hybridized carbons (Fsp3) is 0.474. The Bertz CT molecular complexity index is 922. The molecule has 4 amide bonds. The minimum atomic E-state index is -1.48. The molecule has 0 bridgehead atoms. The van der Waals surface area contributed by atoms with Crippen LogP contribution in [-0.2, 0) is 29.5 Å². The normalized spacial score (nSPS) is 30.1. The summed E-state index contributed by atoms with van der Waals surface area (Å²) >= 11 is 6.16. The highest BCUT2D eigenvalue weighted by Gasteiger charge is 2.70. The summed E-state index contributed by atoms with van der Waals surface area (Å²) in [6, 6.07) is 4.15. The van der Waals surface area contributed by atoms with Gasteiger partial charge in [0.05, 0.1) is 11.8 Å². The lowest BCUT2D eigenvalue weighted by atomic mass is 9.76. The fourth-order valence-electron chi connectivity index (χ4n) is 4.81. The monoisotopic (exact) mass is 420 g/mol. The number of halogens is 1. The van der Waals surface area contributed by atoms with Gasteiger partial charge in [-0.05, 0) is 24.6 Å². The number of benzene rings is 1. The molecule has 0 aliphatic carbocycles. The van der Waals surface area contributed by atoms with Gasteiger partial charge in [-0.25, -0.2) is 0 Å². The molecule has 1 aromatic carbocycles. The summed E-state index contributed by atoms with van der Waals surface area (Å²) in [7, 11) is 1.54. The maximum atomic E-state index is 13.3. The minimum Gasteiger partial charge on any atom is -0.385 e. The van der Waals surface area contributed by atoms with E-state index in [4.69, 9.17) is 22.1 Å². The lowest BCUT2D eigenvalue weighted by Gasteiger charge is -2.29. The SMILES string of the molecule is COCCCN1C(=O)[C@H]2[C@@H](C1=O)[C@]1(N[C@@H]2CC(N)=O)C(=O)Nc2ccc(Cl)cc21. The van der Waals surface area contributed by atoms with Gasteiger partial charge in [-0.15, -0.1) is 0 Å². The van der Waals surface area contributed by atoms with Gasteiger partial charge in [0.25, 0.3) is 0 Å². The van der Waals surface area contributed by atoms with Gasteiger partial charge in [0.1, 0.15) is 5.54 Å². The Hall–Kier alpha value is -2.49. The number of amides is 4. The Morgan fingerprint density at radius 1 is 1.31 bits per heavy atom. The zero-order chi connectivity index (χ0) is 20.9. The van der Waals surface area contributed by atoms with Crippen molar-refractivity contribution in [2.45, 2.75) is 24.4 Å². The van der Waals surface area contributed by atoms with Crippen LogP contribution in [0.3, 0.4) is 0 Å². The molecule has 4 atom stereocenters. The molecule has 4 N–H and O–H groups in total. The van der Waals surface area contributed by atoms with Gasteiger partial charge < -0.3 is 15.8 Å². The molecule has 3 heterocycles. The zero-order valence-electron chi connectivity index (χ0n) is 15.7. The van der Waals surface area contributed by atoms with E-state index in [0.29, 0.717) is 29.3 Å². The second-order valence-corrected chi connectivity index (χ2v) is 7.99. The van der Waals surface area contributed by atoms with Crippen molar-refractivity contribution in [1.29, 1.82) is 0 Å². The second kappa shape index (κ2) is 7.08. The molecule has 1 spiro atoms. The number of nitrogens with zero attached hydrogens (tertiary/aromatic N) is 1. The molecule has 1 aromatic rings. The number of rotatable bonds is 6. The highest BCUT2D eigenvalue weighted by Crippen LogP contribution is 2.53.